The smallest absolute Gasteiger partial charge is 0.0228 e. The molecule has 0 heteroatoms. The Morgan fingerprint density at radius 2 is 1.29 bits per heavy atom. The number of benzene rings is 2. The second-order valence-electron chi connectivity index (χ2n) is 8.14. The molecule has 0 saturated carbocycles. The van der Waals surface area contributed by atoms with Crippen LogP contribution in [-0.2, 0) is 12.8 Å². The lowest BCUT2D eigenvalue weighted by Crippen LogP contribution is -1.86. The van der Waals surface area contributed by atoms with Gasteiger partial charge in [-0.2, -0.15) is 0 Å². The van der Waals surface area contributed by atoms with Crippen LogP contribution in [0.5, 0.6) is 0 Å². The van der Waals surface area contributed by atoms with E-state index in [9.17, 15) is 0 Å². The van der Waals surface area contributed by atoms with Crippen molar-refractivity contribution in [2.75, 3.05) is 0 Å². The minimum atomic E-state index is 1.10. The van der Waals surface area contributed by atoms with Crippen molar-refractivity contribution >= 4 is 5.57 Å². The summed E-state index contributed by atoms with van der Waals surface area (Å²) in [6.45, 7) is 32.4. The second-order valence-corrected chi connectivity index (χ2v) is 8.14. The number of aryl methyl sites for hydroxylation is 3. The maximum Gasteiger partial charge on any atom is -0.0228 e. The fourth-order valence-corrected chi connectivity index (χ4v) is 2.81. The molecule has 0 N–H and O–H groups in total. The predicted molar refractivity (Wildman–Crippen MR) is 162 cm³/mol. The van der Waals surface area contributed by atoms with Crippen LogP contribution in [0.15, 0.2) is 79.4 Å². The standard InChI is InChI=1S/C12H16.C9H12.C9H16.2C2H6/c1-5-11-6-10(4)7-12(8-11)9(2)3;1-2-6-9-7-4-3-5-8-9;1-5-9(4)7-6-8(2)3;2*1-2/h6-8H,2,5H2,1,3-4H3;3-5,7-8H,2,6H2,1H3;2,4-7H2,1,3H3;2*1-2H3. The molecular formula is C34H56. The van der Waals surface area contributed by atoms with Gasteiger partial charge < -0.3 is 0 Å². The van der Waals surface area contributed by atoms with Crippen molar-refractivity contribution in [3.8, 4) is 0 Å². The van der Waals surface area contributed by atoms with Crippen molar-refractivity contribution < 1.29 is 0 Å². The summed E-state index contributed by atoms with van der Waals surface area (Å²) >= 11 is 0. The van der Waals surface area contributed by atoms with Crippen LogP contribution >= 0.6 is 0 Å². The minimum absolute atomic E-state index is 1.10. The summed E-state index contributed by atoms with van der Waals surface area (Å²) < 4.78 is 0. The zero-order valence-electron chi connectivity index (χ0n) is 24.5. The molecule has 0 fully saturated rings. The van der Waals surface area contributed by atoms with Crippen molar-refractivity contribution in [2.45, 2.75) is 108 Å². The molecule has 0 saturated heterocycles. The third-order valence-electron chi connectivity index (χ3n) is 4.83. The Hall–Kier alpha value is -2.34. The Kier molecular flexibility index (Phi) is 26.9. The highest BCUT2D eigenvalue weighted by Gasteiger charge is 1.97. The van der Waals surface area contributed by atoms with Gasteiger partial charge in [-0.3, -0.25) is 0 Å². The largest absolute Gasteiger partial charge is 0.100 e. The Balaban J connectivity index is -0.000000399. The van der Waals surface area contributed by atoms with E-state index in [1.807, 2.05) is 34.6 Å². The summed E-state index contributed by atoms with van der Waals surface area (Å²) in [5.74, 6) is 0. The van der Waals surface area contributed by atoms with Gasteiger partial charge in [0.2, 0.25) is 0 Å². The molecule has 2 rings (SSSR count). The summed E-state index contributed by atoms with van der Waals surface area (Å²) in [6, 6.07) is 17.2. The molecule has 0 aliphatic carbocycles. The first-order valence-electron chi connectivity index (χ1n) is 13.3. The van der Waals surface area contributed by atoms with Crippen molar-refractivity contribution in [3.63, 3.8) is 0 Å². The first-order chi connectivity index (χ1) is 16.2. The highest BCUT2D eigenvalue weighted by Crippen LogP contribution is 2.16. The maximum atomic E-state index is 3.94. The molecule has 0 aliphatic rings. The van der Waals surface area contributed by atoms with E-state index < -0.39 is 0 Å². The number of hydrogen-bond acceptors (Lipinski definition) is 0. The third-order valence-corrected chi connectivity index (χ3v) is 4.83. The van der Waals surface area contributed by atoms with E-state index in [0.29, 0.717) is 0 Å². The number of rotatable bonds is 8. The molecule has 0 aliphatic heterocycles. The molecule has 0 bridgehead atoms. The normalized spacial score (nSPS) is 8.76. The van der Waals surface area contributed by atoms with Gasteiger partial charge in [-0.1, -0.05) is 139 Å². The fraction of sp³-hybridized carbons (Fsp3) is 0.471. The average molecular weight is 465 g/mol. The zero-order chi connectivity index (χ0) is 26.9. The van der Waals surface area contributed by atoms with E-state index in [-0.39, 0.29) is 0 Å². The van der Waals surface area contributed by atoms with Crippen LogP contribution in [0.25, 0.3) is 5.57 Å². The first-order valence-corrected chi connectivity index (χ1v) is 13.3. The Labute approximate surface area is 214 Å². The predicted octanol–water partition coefficient (Wildman–Crippen LogP) is 11.6. The van der Waals surface area contributed by atoms with E-state index in [1.54, 1.807) is 0 Å². The Morgan fingerprint density at radius 1 is 0.735 bits per heavy atom. The Morgan fingerprint density at radius 3 is 1.71 bits per heavy atom. The van der Waals surface area contributed by atoms with E-state index in [2.05, 4.69) is 103 Å². The second kappa shape index (κ2) is 25.3. The topological polar surface area (TPSA) is 0 Å². The van der Waals surface area contributed by atoms with Crippen LogP contribution in [0.3, 0.4) is 0 Å². The Bertz CT molecular complexity index is 762. The summed E-state index contributed by atoms with van der Waals surface area (Å²) in [7, 11) is 0. The maximum absolute atomic E-state index is 3.94. The van der Waals surface area contributed by atoms with Gasteiger partial charge in [-0.25, -0.2) is 0 Å². The SMILES string of the molecule is C=C(C)CCC(=C)CC.C=C(C)c1cc(C)cc(CC)c1.CC.CC.CCCc1ccccc1. The van der Waals surface area contributed by atoms with Crippen LogP contribution < -0.4 is 0 Å². The number of allylic oxidation sites excluding steroid dienone is 3. The molecule has 2 aromatic carbocycles. The summed E-state index contributed by atoms with van der Waals surface area (Å²) in [6.07, 6.45) is 6.87. The van der Waals surface area contributed by atoms with Gasteiger partial charge >= 0.3 is 0 Å². The minimum Gasteiger partial charge on any atom is -0.100 e. The van der Waals surface area contributed by atoms with Crippen molar-refractivity contribution in [2.24, 2.45) is 0 Å². The molecule has 0 amide bonds. The van der Waals surface area contributed by atoms with E-state index in [0.717, 1.165) is 31.3 Å². The fourth-order valence-electron chi connectivity index (χ4n) is 2.81. The molecule has 0 heterocycles. The highest BCUT2D eigenvalue weighted by atomic mass is 14.0. The van der Waals surface area contributed by atoms with Crippen molar-refractivity contribution in [3.05, 3.63) is 102 Å². The molecule has 192 valence electrons. The zero-order valence-corrected chi connectivity index (χ0v) is 24.5. The van der Waals surface area contributed by atoms with Gasteiger partial charge in [-0.05, 0) is 69.6 Å². The highest BCUT2D eigenvalue weighted by molar-refractivity contribution is 5.62. The number of hydrogen-bond donors (Lipinski definition) is 0. The molecule has 34 heavy (non-hydrogen) atoms. The first kappa shape index (κ1) is 36.2. The van der Waals surface area contributed by atoms with E-state index in [4.69, 9.17) is 0 Å². The van der Waals surface area contributed by atoms with Gasteiger partial charge in [0.05, 0.1) is 0 Å². The van der Waals surface area contributed by atoms with Crippen LogP contribution in [0.2, 0.25) is 0 Å². The van der Waals surface area contributed by atoms with E-state index >= 15 is 0 Å². The van der Waals surface area contributed by atoms with Crippen LogP contribution in [0.4, 0.5) is 0 Å². The molecule has 2 aromatic rings. The molecule has 0 aromatic heterocycles. The lowest BCUT2D eigenvalue weighted by Gasteiger charge is -2.04. The van der Waals surface area contributed by atoms with Gasteiger partial charge in [0.25, 0.3) is 0 Å². The summed E-state index contributed by atoms with van der Waals surface area (Å²) in [5, 5.41) is 0. The molecule has 0 unspecified atom stereocenters. The van der Waals surface area contributed by atoms with Crippen LogP contribution in [0, 0.1) is 6.92 Å². The van der Waals surface area contributed by atoms with Crippen molar-refractivity contribution in [1.29, 1.82) is 0 Å². The lowest BCUT2D eigenvalue weighted by atomic mass is 10.0. The van der Waals surface area contributed by atoms with E-state index in [1.165, 1.54) is 46.2 Å². The summed E-state index contributed by atoms with van der Waals surface area (Å²) in [5.41, 5.74) is 9.17. The third kappa shape index (κ3) is 21.5. The molecule has 0 spiro atoms. The van der Waals surface area contributed by atoms with Crippen LogP contribution in [0.1, 0.15) is 110 Å². The molecule has 0 radical (unpaired) electrons. The molecule has 0 atom stereocenters. The van der Waals surface area contributed by atoms with Gasteiger partial charge in [0, 0.05) is 0 Å². The average Bonchev–Trinajstić information content (AvgIpc) is 2.86. The van der Waals surface area contributed by atoms with Crippen LogP contribution in [-0.4, -0.2) is 0 Å². The molecular weight excluding hydrogens is 408 g/mol. The quantitative estimate of drug-likeness (QED) is 0.341. The summed E-state index contributed by atoms with van der Waals surface area (Å²) in [4.78, 5) is 0. The van der Waals surface area contributed by atoms with Crippen molar-refractivity contribution in [1.82, 2.24) is 0 Å². The van der Waals surface area contributed by atoms with Gasteiger partial charge in [-0.15, -0.1) is 6.58 Å². The van der Waals surface area contributed by atoms with Gasteiger partial charge in [0.1, 0.15) is 0 Å². The monoisotopic (exact) mass is 464 g/mol. The van der Waals surface area contributed by atoms with Gasteiger partial charge in [0.15, 0.2) is 0 Å². The molecule has 0 nitrogen and oxygen atoms in total. The lowest BCUT2D eigenvalue weighted by molar-refractivity contribution is 0.882.